The molecular weight excluding hydrogens is 342 g/mol. The summed E-state index contributed by atoms with van der Waals surface area (Å²) in [6.07, 6.45) is 5.49. The van der Waals surface area contributed by atoms with Crippen molar-refractivity contribution in [1.82, 2.24) is 10.2 Å². The quantitative estimate of drug-likeness (QED) is 0.800. The number of oxime groups is 1. The van der Waals surface area contributed by atoms with Gasteiger partial charge in [0.25, 0.3) is 5.91 Å². The second-order valence-electron chi connectivity index (χ2n) is 8.43. The van der Waals surface area contributed by atoms with E-state index in [0.29, 0.717) is 6.42 Å². The molecule has 27 heavy (non-hydrogen) atoms. The first-order valence-corrected chi connectivity index (χ1v) is 9.92. The van der Waals surface area contributed by atoms with Gasteiger partial charge in [-0.05, 0) is 75.5 Å². The van der Waals surface area contributed by atoms with Crippen molar-refractivity contribution in [3.05, 3.63) is 29.8 Å². The highest BCUT2D eigenvalue weighted by Crippen LogP contribution is 2.46. The number of likely N-dealkylation sites (tertiary alicyclic amines) is 1. The van der Waals surface area contributed by atoms with Crippen LogP contribution in [0.4, 0.5) is 0 Å². The van der Waals surface area contributed by atoms with E-state index in [1.807, 2.05) is 31.2 Å². The third-order valence-electron chi connectivity index (χ3n) is 6.10. The molecule has 2 fully saturated rings. The van der Waals surface area contributed by atoms with Crippen LogP contribution in [0.5, 0.6) is 5.75 Å². The highest BCUT2D eigenvalue weighted by atomic mass is 16.7. The molecule has 3 aliphatic rings. The summed E-state index contributed by atoms with van der Waals surface area (Å²) in [6.45, 7) is 6.07. The zero-order valence-corrected chi connectivity index (χ0v) is 16.3. The van der Waals surface area contributed by atoms with Gasteiger partial charge in [-0.25, -0.2) is 0 Å². The molecule has 2 heterocycles. The van der Waals surface area contributed by atoms with Gasteiger partial charge in [-0.3, -0.25) is 4.79 Å². The Kier molecular flexibility index (Phi) is 4.84. The van der Waals surface area contributed by atoms with Crippen molar-refractivity contribution in [2.24, 2.45) is 10.6 Å². The smallest absolute Gasteiger partial charge is 0.267 e. The summed E-state index contributed by atoms with van der Waals surface area (Å²) in [5, 5.41) is 7.33. The number of ether oxygens (including phenoxy) is 1. The number of nitrogens with one attached hydrogen (secondary N) is 1. The largest absolute Gasteiger partial charge is 0.497 e. The molecule has 1 atom stereocenters. The zero-order valence-electron chi connectivity index (χ0n) is 16.3. The van der Waals surface area contributed by atoms with Gasteiger partial charge >= 0.3 is 0 Å². The van der Waals surface area contributed by atoms with Crippen LogP contribution in [0.1, 0.15) is 44.6 Å². The number of carbonyl (C=O) groups is 1. The molecule has 2 aliphatic heterocycles. The van der Waals surface area contributed by atoms with Gasteiger partial charge in [-0.15, -0.1) is 0 Å². The molecule has 1 aromatic rings. The summed E-state index contributed by atoms with van der Waals surface area (Å²) in [5.74, 6) is 0.731. The molecule has 0 radical (unpaired) electrons. The molecule has 1 saturated carbocycles. The van der Waals surface area contributed by atoms with Gasteiger partial charge in [0, 0.05) is 24.9 Å². The standard InChI is InChI=1S/C21H29N3O3/c1-20(13-18(23-27-20)16-5-7-17(26-2)8-6-16)19(25)22-14-21(9-10-21)15-24-11-3-4-12-24/h5-8H,3-4,9-15H2,1-2H3,(H,22,25). The maximum absolute atomic E-state index is 12.8. The Morgan fingerprint density at radius 2 is 1.96 bits per heavy atom. The Balaban J connectivity index is 1.31. The third kappa shape index (κ3) is 3.95. The van der Waals surface area contributed by atoms with Crippen LogP contribution in [0.3, 0.4) is 0 Å². The minimum absolute atomic E-state index is 0.0672. The molecule has 1 saturated heterocycles. The Hall–Kier alpha value is -2.08. The molecule has 1 unspecified atom stereocenters. The maximum Gasteiger partial charge on any atom is 0.267 e. The van der Waals surface area contributed by atoms with Crippen LogP contribution in [-0.4, -0.2) is 55.4 Å². The summed E-state index contributed by atoms with van der Waals surface area (Å²) in [4.78, 5) is 20.9. The summed E-state index contributed by atoms with van der Waals surface area (Å²) in [6, 6.07) is 7.67. The summed E-state index contributed by atoms with van der Waals surface area (Å²) < 4.78 is 5.19. The molecule has 1 N–H and O–H groups in total. The van der Waals surface area contributed by atoms with E-state index in [2.05, 4.69) is 15.4 Å². The SMILES string of the molecule is COc1ccc(C2=NOC(C)(C(=O)NCC3(CN4CCCC4)CC3)C2)cc1. The molecular formula is C21H29N3O3. The Labute approximate surface area is 160 Å². The number of amides is 1. The first-order chi connectivity index (χ1) is 13.0. The van der Waals surface area contributed by atoms with Crippen LogP contribution in [0, 0.1) is 5.41 Å². The molecule has 0 bridgehead atoms. The van der Waals surface area contributed by atoms with Crippen LogP contribution in [0.15, 0.2) is 29.4 Å². The first-order valence-electron chi connectivity index (χ1n) is 9.92. The number of carbonyl (C=O) groups excluding carboxylic acids is 1. The van der Waals surface area contributed by atoms with Gasteiger partial charge < -0.3 is 19.8 Å². The lowest BCUT2D eigenvalue weighted by atomic mass is 9.94. The van der Waals surface area contributed by atoms with Gasteiger partial charge in [-0.1, -0.05) is 5.16 Å². The van der Waals surface area contributed by atoms with E-state index in [1.165, 1.54) is 38.8 Å². The van der Waals surface area contributed by atoms with E-state index in [9.17, 15) is 4.79 Å². The number of benzene rings is 1. The van der Waals surface area contributed by atoms with E-state index >= 15 is 0 Å². The highest BCUT2D eigenvalue weighted by Gasteiger charge is 2.47. The fourth-order valence-corrected chi connectivity index (χ4v) is 4.04. The molecule has 1 aromatic carbocycles. The molecule has 0 spiro atoms. The lowest BCUT2D eigenvalue weighted by Crippen LogP contribution is -2.47. The summed E-state index contributed by atoms with van der Waals surface area (Å²) >= 11 is 0. The minimum Gasteiger partial charge on any atom is -0.497 e. The van der Waals surface area contributed by atoms with Crippen molar-refractivity contribution in [1.29, 1.82) is 0 Å². The number of hydrogen-bond acceptors (Lipinski definition) is 5. The third-order valence-corrected chi connectivity index (χ3v) is 6.10. The van der Waals surface area contributed by atoms with E-state index < -0.39 is 5.60 Å². The fraction of sp³-hybridized carbons (Fsp3) is 0.619. The van der Waals surface area contributed by atoms with Gasteiger partial charge in [0.2, 0.25) is 5.60 Å². The van der Waals surface area contributed by atoms with Crippen molar-refractivity contribution in [2.75, 3.05) is 33.3 Å². The van der Waals surface area contributed by atoms with Crippen LogP contribution in [0.2, 0.25) is 0 Å². The number of methoxy groups -OCH3 is 1. The first kappa shape index (κ1) is 18.3. The number of nitrogens with zero attached hydrogens (tertiary/aromatic N) is 2. The number of rotatable bonds is 7. The van der Waals surface area contributed by atoms with Crippen molar-refractivity contribution in [3.8, 4) is 5.75 Å². The van der Waals surface area contributed by atoms with Crippen LogP contribution < -0.4 is 10.1 Å². The zero-order chi connectivity index (χ0) is 18.9. The average molecular weight is 371 g/mol. The molecule has 0 aromatic heterocycles. The topological polar surface area (TPSA) is 63.2 Å². The summed E-state index contributed by atoms with van der Waals surface area (Å²) in [5.41, 5.74) is 1.10. The lowest BCUT2D eigenvalue weighted by molar-refractivity contribution is -0.142. The van der Waals surface area contributed by atoms with Crippen molar-refractivity contribution in [3.63, 3.8) is 0 Å². The van der Waals surface area contributed by atoms with Gasteiger partial charge in [0.05, 0.1) is 12.8 Å². The minimum atomic E-state index is -0.932. The molecule has 1 aliphatic carbocycles. The molecule has 4 rings (SSSR count). The van der Waals surface area contributed by atoms with Gasteiger partial charge in [0.15, 0.2) is 0 Å². The van der Waals surface area contributed by atoms with Crippen LogP contribution in [-0.2, 0) is 9.63 Å². The van der Waals surface area contributed by atoms with Crippen LogP contribution >= 0.6 is 0 Å². The Bertz CT molecular complexity index is 721. The van der Waals surface area contributed by atoms with Crippen molar-refractivity contribution in [2.45, 2.75) is 44.6 Å². The van der Waals surface area contributed by atoms with Crippen molar-refractivity contribution < 1.29 is 14.4 Å². The predicted octanol–water partition coefficient (Wildman–Crippen LogP) is 2.57. The molecule has 6 nitrogen and oxygen atoms in total. The fourth-order valence-electron chi connectivity index (χ4n) is 4.04. The van der Waals surface area contributed by atoms with E-state index in [0.717, 1.165) is 30.1 Å². The Morgan fingerprint density at radius 1 is 1.26 bits per heavy atom. The van der Waals surface area contributed by atoms with Gasteiger partial charge in [-0.2, -0.15) is 0 Å². The van der Waals surface area contributed by atoms with E-state index in [-0.39, 0.29) is 11.3 Å². The normalized spacial score (nSPS) is 26.4. The summed E-state index contributed by atoms with van der Waals surface area (Å²) in [7, 11) is 1.64. The second kappa shape index (κ2) is 7.15. The van der Waals surface area contributed by atoms with E-state index in [1.54, 1.807) is 7.11 Å². The highest BCUT2D eigenvalue weighted by molar-refractivity contribution is 6.05. The predicted molar refractivity (Wildman–Crippen MR) is 104 cm³/mol. The second-order valence-corrected chi connectivity index (χ2v) is 8.43. The molecule has 146 valence electrons. The molecule has 1 amide bonds. The monoisotopic (exact) mass is 371 g/mol. The van der Waals surface area contributed by atoms with Crippen molar-refractivity contribution >= 4 is 11.6 Å². The van der Waals surface area contributed by atoms with Crippen LogP contribution in [0.25, 0.3) is 0 Å². The number of hydrogen-bond donors (Lipinski definition) is 1. The van der Waals surface area contributed by atoms with Gasteiger partial charge in [0.1, 0.15) is 5.75 Å². The lowest BCUT2D eigenvalue weighted by Gasteiger charge is -2.26. The maximum atomic E-state index is 12.8. The van der Waals surface area contributed by atoms with E-state index in [4.69, 9.17) is 9.57 Å². The average Bonchev–Trinajstić information content (AvgIpc) is 3.06. The Morgan fingerprint density at radius 3 is 2.59 bits per heavy atom. The molecule has 6 heteroatoms.